The number of thiophene rings is 1. The van der Waals surface area contributed by atoms with Crippen molar-refractivity contribution in [2.24, 2.45) is 10.6 Å². The van der Waals surface area contributed by atoms with Crippen molar-refractivity contribution in [2.75, 3.05) is 12.9 Å². The Morgan fingerprint density at radius 1 is 1.37 bits per heavy atom. The molecular formula is C14H15NO2S2. The predicted molar refractivity (Wildman–Crippen MR) is 81.2 cm³/mol. The Labute approximate surface area is 120 Å². The molecule has 1 aromatic heterocycles. The molecule has 1 aliphatic heterocycles. The van der Waals surface area contributed by atoms with Crippen molar-refractivity contribution in [3.8, 4) is 5.75 Å². The van der Waals surface area contributed by atoms with Crippen LogP contribution in [0.2, 0.25) is 0 Å². The van der Waals surface area contributed by atoms with Crippen molar-refractivity contribution in [2.45, 2.75) is 18.7 Å². The zero-order valence-corrected chi connectivity index (χ0v) is 12.7. The topological polar surface area (TPSA) is 41.8 Å². The van der Waals surface area contributed by atoms with E-state index in [1.54, 1.807) is 18.4 Å². The Kier molecular flexibility index (Phi) is 2.98. The summed E-state index contributed by atoms with van der Waals surface area (Å²) >= 11 is 3.52. The second kappa shape index (κ2) is 4.42. The predicted octanol–water partition coefficient (Wildman–Crippen LogP) is 4.22. The van der Waals surface area contributed by atoms with E-state index in [2.05, 4.69) is 31.1 Å². The number of methoxy groups -OCH3 is 1. The van der Waals surface area contributed by atoms with Gasteiger partial charge in [-0.05, 0) is 18.2 Å². The third-order valence-electron chi connectivity index (χ3n) is 3.38. The van der Waals surface area contributed by atoms with Crippen LogP contribution in [0.15, 0.2) is 28.3 Å². The number of rotatable bonds is 1. The lowest BCUT2D eigenvalue weighted by Crippen LogP contribution is -2.30. The number of nitrogens with zero attached hydrogens (tertiary/aromatic N) is 1. The van der Waals surface area contributed by atoms with E-state index in [1.807, 2.05) is 17.8 Å². The van der Waals surface area contributed by atoms with Crippen LogP contribution >= 0.6 is 23.1 Å². The number of benzene rings is 1. The molecule has 0 spiro atoms. The van der Waals surface area contributed by atoms with Crippen molar-refractivity contribution in [3.05, 3.63) is 23.1 Å². The number of hydrogen-bond donors (Lipinski definition) is 1. The third-order valence-corrected chi connectivity index (χ3v) is 6.27. The standard InChI is InChI=1S/C14H15NO2S2/c1-14(2)7-18-11-9-6-8(17-3)4-5-10(9)19-12(11)13(14)15-16/h4-6,16H,7H2,1-3H3/b15-13-. The van der Waals surface area contributed by atoms with E-state index >= 15 is 0 Å². The Balaban J connectivity index is 2.26. The van der Waals surface area contributed by atoms with E-state index in [4.69, 9.17) is 4.74 Å². The van der Waals surface area contributed by atoms with Gasteiger partial charge in [0.2, 0.25) is 0 Å². The molecule has 0 radical (unpaired) electrons. The summed E-state index contributed by atoms with van der Waals surface area (Å²) in [6, 6.07) is 6.10. The van der Waals surface area contributed by atoms with Gasteiger partial charge < -0.3 is 9.94 Å². The van der Waals surface area contributed by atoms with Crippen LogP contribution in [-0.2, 0) is 0 Å². The van der Waals surface area contributed by atoms with E-state index in [1.165, 1.54) is 15.0 Å². The third kappa shape index (κ3) is 1.92. The molecule has 0 aliphatic carbocycles. The fraction of sp³-hybridized carbons (Fsp3) is 0.357. The van der Waals surface area contributed by atoms with Crippen LogP contribution in [0.25, 0.3) is 10.1 Å². The first-order chi connectivity index (χ1) is 9.06. The summed E-state index contributed by atoms with van der Waals surface area (Å²) < 4.78 is 6.50. The van der Waals surface area contributed by atoms with Gasteiger partial charge in [0.15, 0.2) is 0 Å². The van der Waals surface area contributed by atoms with Crippen LogP contribution in [0.1, 0.15) is 18.7 Å². The summed E-state index contributed by atoms with van der Waals surface area (Å²) in [4.78, 5) is 2.30. The molecule has 1 aliphatic rings. The van der Waals surface area contributed by atoms with Crippen LogP contribution in [0, 0.1) is 5.41 Å². The minimum atomic E-state index is -0.0998. The molecule has 3 rings (SSSR count). The van der Waals surface area contributed by atoms with E-state index in [0.717, 1.165) is 22.1 Å². The number of fused-ring (bicyclic) bond motifs is 3. The summed E-state index contributed by atoms with van der Waals surface area (Å²) in [6.45, 7) is 4.23. The molecule has 0 atom stereocenters. The lowest BCUT2D eigenvalue weighted by molar-refractivity contribution is 0.312. The lowest BCUT2D eigenvalue weighted by atomic mass is 9.88. The van der Waals surface area contributed by atoms with E-state index in [9.17, 15) is 5.21 Å². The lowest BCUT2D eigenvalue weighted by Gasteiger charge is -2.29. The maximum atomic E-state index is 9.36. The van der Waals surface area contributed by atoms with Crippen LogP contribution in [0.5, 0.6) is 5.75 Å². The van der Waals surface area contributed by atoms with Gasteiger partial charge in [-0.2, -0.15) is 0 Å². The summed E-state index contributed by atoms with van der Waals surface area (Å²) in [5, 5.41) is 14.1. The van der Waals surface area contributed by atoms with Gasteiger partial charge >= 0.3 is 0 Å². The molecule has 0 saturated heterocycles. The molecule has 0 fully saturated rings. The highest BCUT2D eigenvalue weighted by molar-refractivity contribution is 8.00. The molecule has 0 amide bonds. The maximum Gasteiger partial charge on any atom is 0.119 e. The first-order valence-corrected chi connectivity index (χ1v) is 7.83. The number of hydrogen-bond acceptors (Lipinski definition) is 5. The van der Waals surface area contributed by atoms with Gasteiger partial charge in [0, 0.05) is 26.1 Å². The second-order valence-electron chi connectivity index (χ2n) is 5.24. The van der Waals surface area contributed by atoms with Gasteiger partial charge in [-0.15, -0.1) is 23.1 Å². The van der Waals surface area contributed by atoms with Crippen LogP contribution in [0.3, 0.4) is 0 Å². The SMILES string of the molecule is COc1ccc2sc3c(c2c1)SCC(C)(C)/C3=N\O. The zero-order valence-electron chi connectivity index (χ0n) is 11.1. The fourth-order valence-electron chi connectivity index (χ4n) is 2.29. The molecule has 0 saturated carbocycles. The zero-order chi connectivity index (χ0) is 13.6. The minimum absolute atomic E-state index is 0.0998. The highest BCUT2D eigenvalue weighted by atomic mass is 32.2. The summed E-state index contributed by atoms with van der Waals surface area (Å²) in [6.07, 6.45) is 0. The molecule has 2 aromatic rings. The number of ether oxygens (including phenoxy) is 1. The van der Waals surface area contributed by atoms with Crippen LogP contribution in [-0.4, -0.2) is 23.8 Å². The van der Waals surface area contributed by atoms with Crippen molar-refractivity contribution in [3.63, 3.8) is 0 Å². The molecule has 100 valence electrons. The fourth-order valence-corrected chi connectivity index (χ4v) is 5.09. The van der Waals surface area contributed by atoms with Gasteiger partial charge in [-0.3, -0.25) is 0 Å². The van der Waals surface area contributed by atoms with Crippen LogP contribution in [0.4, 0.5) is 0 Å². The average molecular weight is 293 g/mol. The first-order valence-electron chi connectivity index (χ1n) is 6.03. The van der Waals surface area contributed by atoms with Gasteiger partial charge in [0.05, 0.1) is 12.0 Å². The van der Waals surface area contributed by atoms with Crippen molar-refractivity contribution >= 4 is 38.9 Å². The van der Waals surface area contributed by atoms with Gasteiger partial charge in [0.25, 0.3) is 0 Å². The second-order valence-corrected chi connectivity index (χ2v) is 7.28. The molecule has 2 heterocycles. The van der Waals surface area contributed by atoms with Crippen molar-refractivity contribution in [1.82, 2.24) is 0 Å². The number of oxime groups is 1. The highest BCUT2D eigenvalue weighted by Crippen LogP contribution is 2.48. The highest BCUT2D eigenvalue weighted by Gasteiger charge is 2.36. The molecule has 3 nitrogen and oxygen atoms in total. The van der Waals surface area contributed by atoms with Crippen molar-refractivity contribution in [1.29, 1.82) is 0 Å². The van der Waals surface area contributed by atoms with E-state index in [0.29, 0.717) is 0 Å². The van der Waals surface area contributed by atoms with E-state index in [-0.39, 0.29) is 5.41 Å². The summed E-state index contributed by atoms with van der Waals surface area (Å²) in [5.41, 5.74) is 0.693. The Bertz CT molecular complexity index is 673. The molecular weight excluding hydrogens is 278 g/mol. The molecule has 1 aromatic carbocycles. The molecule has 0 bridgehead atoms. The molecule has 0 unspecified atom stereocenters. The van der Waals surface area contributed by atoms with Crippen molar-refractivity contribution < 1.29 is 9.94 Å². The average Bonchev–Trinajstić information content (AvgIpc) is 2.74. The first kappa shape index (κ1) is 12.8. The molecule has 1 N–H and O–H groups in total. The largest absolute Gasteiger partial charge is 0.497 e. The quantitative estimate of drug-likeness (QED) is 0.632. The van der Waals surface area contributed by atoms with Gasteiger partial charge in [0.1, 0.15) is 11.5 Å². The van der Waals surface area contributed by atoms with Gasteiger partial charge in [-0.25, -0.2) is 0 Å². The molecule has 5 heteroatoms. The minimum Gasteiger partial charge on any atom is -0.497 e. The Morgan fingerprint density at radius 3 is 2.84 bits per heavy atom. The van der Waals surface area contributed by atoms with E-state index < -0.39 is 0 Å². The monoisotopic (exact) mass is 293 g/mol. The van der Waals surface area contributed by atoms with Crippen LogP contribution < -0.4 is 4.74 Å². The number of thioether (sulfide) groups is 1. The summed E-state index contributed by atoms with van der Waals surface area (Å²) in [7, 11) is 1.68. The maximum absolute atomic E-state index is 9.36. The molecule has 19 heavy (non-hydrogen) atoms. The van der Waals surface area contributed by atoms with Gasteiger partial charge in [-0.1, -0.05) is 19.0 Å². The smallest absolute Gasteiger partial charge is 0.119 e. The Hall–Kier alpha value is -1.20. The normalized spacial score (nSPS) is 19.6. The Morgan fingerprint density at radius 2 is 2.16 bits per heavy atom. The summed E-state index contributed by atoms with van der Waals surface area (Å²) in [5.74, 6) is 1.78.